The SMILES string of the molecule is CCC[C@@H](Nc1nc(C(C)C)nc2c1cnn2C)C(=O)NC. The molecule has 1 amide bonds. The summed E-state index contributed by atoms with van der Waals surface area (Å²) in [6, 6.07) is -0.312. The van der Waals surface area contributed by atoms with Crippen molar-refractivity contribution >= 4 is 22.8 Å². The van der Waals surface area contributed by atoms with Gasteiger partial charge < -0.3 is 10.6 Å². The van der Waals surface area contributed by atoms with Gasteiger partial charge in [0, 0.05) is 20.0 Å². The minimum absolute atomic E-state index is 0.0383. The normalized spacial score (nSPS) is 12.6. The second-order valence-electron chi connectivity index (χ2n) is 5.69. The number of rotatable bonds is 6. The fourth-order valence-electron chi connectivity index (χ4n) is 2.30. The first kappa shape index (κ1) is 16.2. The van der Waals surface area contributed by atoms with Crippen molar-refractivity contribution in [1.82, 2.24) is 25.1 Å². The van der Waals surface area contributed by atoms with Crippen molar-refractivity contribution < 1.29 is 4.79 Å². The molecule has 2 aromatic heterocycles. The van der Waals surface area contributed by atoms with E-state index in [0.29, 0.717) is 5.82 Å². The third-order valence-corrected chi connectivity index (χ3v) is 3.58. The highest BCUT2D eigenvalue weighted by Gasteiger charge is 2.20. The van der Waals surface area contributed by atoms with Crippen molar-refractivity contribution in [3.8, 4) is 0 Å². The molecule has 2 aromatic rings. The molecule has 0 bridgehead atoms. The van der Waals surface area contributed by atoms with E-state index in [9.17, 15) is 4.79 Å². The number of aromatic nitrogens is 4. The molecule has 2 rings (SSSR count). The first-order chi connectivity index (χ1) is 10.5. The number of likely N-dealkylation sites (N-methyl/N-ethyl adjacent to an activating group) is 1. The van der Waals surface area contributed by atoms with E-state index in [4.69, 9.17) is 0 Å². The third-order valence-electron chi connectivity index (χ3n) is 3.58. The Morgan fingerprint density at radius 3 is 2.68 bits per heavy atom. The first-order valence-electron chi connectivity index (χ1n) is 7.65. The maximum Gasteiger partial charge on any atom is 0.242 e. The van der Waals surface area contributed by atoms with Gasteiger partial charge in [-0.15, -0.1) is 0 Å². The number of fused-ring (bicyclic) bond motifs is 1. The lowest BCUT2D eigenvalue weighted by Gasteiger charge is -2.18. The fraction of sp³-hybridized carbons (Fsp3) is 0.600. The molecule has 0 fully saturated rings. The number of amides is 1. The van der Waals surface area contributed by atoms with E-state index in [1.807, 2.05) is 20.9 Å². The van der Waals surface area contributed by atoms with Gasteiger partial charge in [-0.3, -0.25) is 9.48 Å². The van der Waals surface area contributed by atoms with Crippen molar-refractivity contribution in [3.05, 3.63) is 12.0 Å². The zero-order valence-corrected chi connectivity index (χ0v) is 13.8. The van der Waals surface area contributed by atoms with Crippen LogP contribution in [-0.4, -0.2) is 38.7 Å². The Bertz CT molecular complexity index is 663. The number of carbonyl (C=O) groups is 1. The highest BCUT2D eigenvalue weighted by Crippen LogP contribution is 2.23. The topological polar surface area (TPSA) is 84.7 Å². The van der Waals surface area contributed by atoms with Crippen LogP contribution in [0.5, 0.6) is 0 Å². The quantitative estimate of drug-likeness (QED) is 0.850. The second-order valence-corrected chi connectivity index (χ2v) is 5.69. The summed E-state index contributed by atoms with van der Waals surface area (Å²) in [5.41, 5.74) is 0.772. The number of aryl methyl sites for hydroxylation is 1. The van der Waals surface area contributed by atoms with E-state index < -0.39 is 0 Å². The van der Waals surface area contributed by atoms with Crippen LogP contribution in [-0.2, 0) is 11.8 Å². The minimum Gasteiger partial charge on any atom is -0.358 e. The molecular weight excluding hydrogens is 280 g/mol. The van der Waals surface area contributed by atoms with Crippen molar-refractivity contribution in [3.63, 3.8) is 0 Å². The summed E-state index contributed by atoms with van der Waals surface area (Å²) in [4.78, 5) is 21.2. The molecule has 0 saturated heterocycles. The van der Waals surface area contributed by atoms with Crippen LogP contribution in [0.4, 0.5) is 5.82 Å². The molecule has 0 aliphatic carbocycles. The molecule has 0 aromatic carbocycles. The maximum atomic E-state index is 12.0. The molecule has 2 heterocycles. The molecule has 1 atom stereocenters. The maximum absolute atomic E-state index is 12.0. The van der Waals surface area contributed by atoms with Crippen molar-refractivity contribution in [1.29, 1.82) is 0 Å². The van der Waals surface area contributed by atoms with Gasteiger partial charge in [-0.05, 0) is 6.42 Å². The van der Waals surface area contributed by atoms with Crippen LogP contribution in [0, 0.1) is 0 Å². The van der Waals surface area contributed by atoms with Gasteiger partial charge in [-0.25, -0.2) is 9.97 Å². The van der Waals surface area contributed by atoms with E-state index in [0.717, 1.165) is 29.7 Å². The van der Waals surface area contributed by atoms with Gasteiger partial charge >= 0.3 is 0 Å². The zero-order valence-electron chi connectivity index (χ0n) is 13.8. The van der Waals surface area contributed by atoms with Crippen LogP contribution in [0.3, 0.4) is 0 Å². The molecule has 7 nitrogen and oxygen atoms in total. The molecule has 120 valence electrons. The molecule has 0 spiro atoms. The molecule has 22 heavy (non-hydrogen) atoms. The second kappa shape index (κ2) is 6.72. The Labute approximate surface area is 130 Å². The summed E-state index contributed by atoms with van der Waals surface area (Å²) in [6.45, 7) is 6.14. The summed E-state index contributed by atoms with van der Waals surface area (Å²) in [6.07, 6.45) is 3.38. The van der Waals surface area contributed by atoms with Crippen molar-refractivity contribution in [2.24, 2.45) is 7.05 Å². The van der Waals surface area contributed by atoms with Crippen LogP contribution >= 0.6 is 0 Å². The summed E-state index contributed by atoms with van der Waals surface area (Å²) in [5.74, 6) is 1.57. The van der Waals surface area contributed by atoms with Gasteiger partial charge in [-0.1, -0.05) is 27.2 Å². The van der Waals surface area contributed by atoms with Gasteiger partial charge in [0.05, 0.1) is 11.6 Å². The standard InChI is InChI=1S/C15H24N6O/c1-6-7-11(15(22)16-4)18-13-10-8-17-21(5)14(10)20-12(19-13)9(2)3/h8-9,11H,6-7H2,1-5H3,(H,16,22)(H,18,19,20)/t11-/m1/s1. The molecule has 0 aliphatic heterocycles. The molecule has 0 unspecified atom stereocenters. The molecule has 2 N–H and O–H groups in total. The smallest absolute Gasteiger partial charge is 0.242 e. The molecule has 7 heteroatoms. The van der Waals surface area contributed by atoms with E-state index in [1.54, 1.807) is 17.9 Å². The van der Waals surface area contributed by atoms with Gasteiger partial charge in [-0.2, -0.15) is 5.10 Å². The third kappa shape index (κ3) is 3.18. The predicted octanol–water partition coefficient (Wildman–Crippen LogP) is 1.81. The Hall–Kier alpha value is -2.18. The number of carbonyl (C=O) groups excluding carboxylic acids is 1. The first-order valence-corrected chi connectivity index (χ1v) is 7.65. The average molecular weight is 304 g/mol. The molecule has 0 radical (unpaired) electrons. The summed E-state index contributed by atoms with van der Waals surface area (Å²) in [7, 11) is 3.50. The van der Waals surface area contributed by atoms with Crippen LogP contribution in [0.15, 0.2) is 6.20 Å². The monoisotopic (exact) mass is 304 g/mol. The number of nitrogens with zero attached hydrogens (tertiary/aromatic N) is 4. The Morgan fingerprint density at radius 2 is 2.09 bits per heavy atom. The highest BCUT2D eigenvalue weighted by molar-refractivity contribution is 5.90. The lowest BCUT2D eigenvalue weighted by atomic mass is 10.1. The Kier molecular flexibility index (Phi) is 4.95. The predicted molar refractivity (Wildman–Crippen MR) is 86.8 cm³/mol. The van der Waals surface area contributed by atoms with Gasteiger partial charge in [0.25, 0.3) is 0 Å². The number of anilines is 1. The number of hydrogen-bond donors (Lipinski definition) is 2. The van der Waals surface area contributed by atoms with Gasteiger partial charge in [0.1, 0.15) is 17.7 Å². The van der Waals surface area contributed by atoms with E-state index in [1.165, 1.54) is 0 Å². The van der Waals surface area contributed by atoms with Crippen LogP contribution in [0.1, 0.15) is 45.4 Å². The fourth-order valence-corrected chi connectivity index (χ4v) is 2.30. The largest absolute Gasteiger partial charge is 0.358 e. The number of hydrogen-bond acceptors (Lipinski definition) is 5. The lowest BCUT2D eigenvalue weighted by molar-refractivity contribution is -0.121. The highest BCUT2D eigenvalue weighted by atomic mass is 16.2. The summed E-state index contributed by atoms with van der Waals surface area (Å²) >= 11 is 0. The van der Waals surface area contributed by atoms with E-state index in [-0.39, 0.29) is 17.9 Å². The van der Waals surface area contributed by atoms with Crippen LogP contribution < -0.4 is 10.6 Å². The van der Waals surface area contributed by atoms with Gasteiger partial charge in [0.2, 0.25) is 5.91 Å². The van der Waals surface area contributed by atoms with Crippen molar-refractivity contribution in [2.75, 3.05) is 12.4 Å². The Balaban J connectivity index is 2.46. The van der Waals surface area contributed by atoms with Crippen LogP contribution in [0.2, 0.25) is 0 Å². The van der Waals surface area contributed by atoms with E-state index >= 15 is 0 Å². The van der Waals surface area contributed by atoms with E-state index in [2.05, 4.69) is 32.6 Å². The lowest BCUT2D eigenvalue weighted by Crippen LogP contribution is -2.38. The number of nitrogens with one attached hydrogen (secondary N) is 2. The average Bonchev–Trinajstić information content (AvgIpc) is 2.87. The molecule has 0 saturated carbocycles. The Morgan fingerprint density at radius 1 is 1.36 bits per heavy atom. The minimum atomic E-state index is -0.312. The summed E-state index contributed by atoms with van der Waals surface area (Å²) in [5, 5.41) is 11.0. The molecule has 0 aliphatic rings. The van der Waals surface area contributed by atoms with Crippen molar-refractivity contribution in [2.45, 2.75) is 45.6 Å². The molecular formula is C15H24N6O. The zero-order chi connectivity index (χ0) is 16.3. The summed E-state index contributed by atoms with van der Waals surface area (Å²) < 4.78 is 1.72. The van der Waals surface area contributed by atoms with Crippen LogP contribution in [0.25, 0.3) is 11.0 Å². The van der Waals surface area contributed by atoms with Gasteiger partial charge in [0.15, 0.2) is 5.65 Å².